The zero-order chi connectivity index (χ0) is 25.7. The predicted molar refractivity (Wildman–Crippen MR) is 125 cm³/mol. The number of ether oxygens (including phenoxy) is 2. The van der Waals surface area contributed by atoms with E-state index in [4.69, 9.17) is 9.47 Å². The van der Waals surface area contributed by atoms with E-state index in [1.54, 1.807) is 12.3 Å². The Kier molecular flexibility index (Phi) is 6.07. The van der Waals surface area contributed by atoms with Crippen molar-refractivity contribution in [1.29, 1.82) is 0 Å². The fourth-order valence-electron chi connectivity index (χ4n) is 4.90. The van der Waals surface area contributed by atoms with Crippen molar-refractivity contribution in [3.8, 4) is 17.0 Å². The second-order valence-corrected chi connectivity index (χ2v) is 9.20. The molecule has 0 bridgehead atoms. The van der Waals surface area contributed by atoms with Crippen LogP contribution in [0.4, 0.5) is 23.5 Å². The lowest BCUT2D eigenvalue weighted by Crippen LogP contribution is -2.57. The van der Waals surface area contributed by atoms with E-state index in [0.29, 0.717) is 42.8 Å². The molecule has 5 heterocycles. The number of fused-ring (bicyclic) bond motifs is 2. The van der Waals surface area contributed by atoms with Gasteiger partial charge in [-0.25, -0.2) is 26.8 Å². The van der Waals surface area contributed by atoms with Gasteiger partial charge < -0.3 is 14.8 Å². The molecular formula is C23H24F4N8O2. The van der Waals surface area contributed by atoms with E-state index in [1.165, 1.54) is 23.8 Å². The van der Waals surface area contributed by atoms with Crippen LogP contribution >= 0.6 is 0 Å². The molecule has 0 radical (unpaired) electrons. The zero-order valence-electron chi connectivity index (χ0n) is 19.8. The van der Waals surface area contributed by atoms with Crippen LogP contribution in [0.3, 0.4) is 0 Å². The predicted octanol–water partition coefficient (Wildman–Crippen LogP) is 2.78. The highest BCUT2D eigenvalue weighted by Gasteiger charge is 2.35. The quantitative estimate of drug-likeness (QED) is 0.372. The summed E-state index contributed by atoms with van der Waals surface area (Å²) < 4.78 is 68.9. The van der Waals surface area contributed by atoms with Crippen LogP contribution in [0.1, 0.15) is 6.42 Å². The van der Waals surface area contributed by atoms with Gasteiger partial charge in [0.2, 0.25) is 11.8 Å². The molecule has 10 nitrogen and oxygen atoms in total. The van der Waals surface area contributed by atoms with Crippen molar-refractivity contribution in [3.63, 3.8) is 0 Å². The molecule has 0 amide bonds. The summed E-state index contributed by atoms with van der Waals surface area (Å²) in [6.45, 7) is 1.62. The van der Waals surface area contributed by atoms with Gasteiger partial charge in [0.05, 0.1) is 37.9 Å². The topological polar surface area (TPSA) is 94.6 Å². The van der Waals surface area contributed by atoms with E-state index < -0.39 is 31.0 Å². The molecule has 2 atom stereocenters. The number of nitrogens with one attached hydrogen (secondary N) is 1. The third kappa shape index (κ3) is 4.33. The molecule has 4 aromatic rings. The molecule has 14 heteroatoms. The lowest BCUT2D eigenvalue weighted by molar-refractivity contribution is -0.0794. The second-order valence-electron chi connectivity index (χ2n) is 9.20. The lowest BCUT2D eigenvalue weighted by Gasteiger charge is -2.42. The molecule has 3 aromatic heterocycles. The molecule has 2 aliphatic heterocycles. The third-order valence-electron chi connectivity index (χ3n) is 6.89. The number of halogens is 4. The maximum atomic E-state index is 14.9. The molecule has 196 valence electrons. The van der Waals surface area contributed by atoms with Crippen LogP contribution < -0.4 is 10.1 Å². The first kappa shape index (κ1) is 23.9. The van der Waals surface area contributed by atoms with Crippen molar-refractivity contribution in [3.05, 3.63) is 30.2 Å². The Morgan fingerprint density at radius 2 is 2.11 bits per heavy atom. The number of benzene rings is 1. The Morgan fingerprint density at radius 3 is 2.81 bits per heavy atom. The highest BCUT2D eigenvalue weighted by Crippen LogP contribution is 2.34. The SMILES string of the molecule is COc1nc(N[C@H]2CCN(C3COC3)C[C@@H]2F)nn2ccc(-c3cc(F)c4nnn(CC(F)F)c4c3)c12. The molecule has 0 spiro atoms. The van der Waals surface area contributed by atoms with E-state index >= 15 is 0 Å². The molecule has 0 aliphatic carbocycles. The van der Waals surface area contributed by atoms with E-state index in [-0.39, 0.29) is 28.9 Å². The van der Waals surface area contributed by atoms with Crippen LogP contribution in [0.15, 0.2) is 24.4 Å². The lowest BCUT2D eigenvalue weighted by atomic mass is 10.0. The van der Waals surface area contributed by atoms with Crippen molar-refractivity contribution >= 4 is 22.5 Å². The van der Waals surface area contributed by atoms with E-state index in [1.807, 2.05) is 0 Å². The average Bonchev–Trinajstić information content (AvgIpc) is 3.43. The summed E-state index contributed by atoms with van der Waals surface area (Å²) >= 11 is 0. The Balaban J connectivity index is 1.31. The molecule has 2 fully saturated rings. The number of anilines is 1. The fourth-order valence-corrected chi connectivity index (χ4v) is 4.90. The Labute approximate surface area is 208 Å². The monoisotopic (exact) mass is 520 g/mol. The number of piperidine rings is 1. The second kappa shape index (κ2) is 9.41. The van der Waals surface area contributed by atoms with E-state index in [9.17, 15) is 17.6 Å². The van der Waals surface area contributed by atoms with Gasteiger partial charge in [-0.05, 0) is 30.2 Å². The largest absolute Gasteiger partial charge is 0.479 e. The number of aromatic nitrogens is 6. The van der Waals surface area contributed by atoms with Crippen LogP contribution in [0.25, 0.3) is 27.7 Å². The summed E-state index contributed by atoms with van der Waals surface area (Å²) in [6, 6.07) is 4.29. The maximum Gasteiger partial charge on any atom is 0.258 e. The van der Waals surface area contributed by atoms with Crippen LogP contribution in [0.5, 0.6) is 5.88 Å². The molecule has 37 heavy (non-hydrogen) atoms. The van der Waals surface area contributed by atoms with Crippen molar-refractivity contribution in [2.45, 2.75) is 37.6 Å². The first-order valence-corrected chi connectivity index (χ1v) is 11.9. The van der Waals surface area contributed by atoms with Gasteiger partial charge in [0, 0.05) is 24.8 Å². The van der Waals surface area contributed by atoms with Gasteiger partial charge in [-0.2, -0.15) is 4.98 Å². The van der Waals surface area contributed by atoms with Crippen molar-refractivity contribution < 1.29 is 27.0 Å². The number of nitrogens with zero attached hydrogens (tertiary/aromatic N) is 7. The molecular weight excluding hydrogens is 496 g/mol. The highest BCUT2D eigenvalue weighted by molar-refractivity contribution is 5.89. The maximum absolute atomic E-state index is 14.9. The van der Waals surface area contributed by atoms with E-state index in [2.05, 4.69) is 30.6 Å². The Morgan fingerprint density at radius 1 is 1.27 bits per heavy atom. The molecule has 0 unspecified atom stereocenters. The molecule has 0 saturated carbocycles. The van der Waals surface area contributed by atoms with E-state index in [0.717, 1.165) is 11.2 Å². The smallest absolute Gasteiger partial charge is 0.258 e. The number of likely N-dealkylation sites (tertiary alicyclic amines) is 1. The number of hydrogen-bond acceptors (Lipinski definition) is 8. The van der Waals surface area contributed by atoms with Crippen molar-refractivity contribution in [2.75, 3.05) is 38.7 Å². The number of rotatable bonds is 7. The number of methoxy groups -OCH3 is 1. The summed E-state index contributed by atoms with van der Waals surface area (Å²) in [5.41, 5.74) is 1.40. The van der Waals surface area contributed by atoms with Crippen LogP contribution in [0.2, 0.25) is 0 Å². The molecule has 2 saturated heterocycles. The van der Waals surface area contributed by atoms with Gasteiger partial charge in [0.15, 0.2) is 5.82 Å². The van der Waals surface area contributed by atoms with Crippen LogP contribution in [0, 0.1) is 5.82 Å². The summed E-state index contributed by atoms with van der Waals surface area (Å²) in [6.07, 6.45) is -1.56. The first-order valence-electron chi connectivity index (χ1n) is 11.9. The first-order chi connectivity index (χ1) is 17.9. The minimum atomic E-state index is -2.67. The van der Waals surface area contributed by atoms with Gasteiger partial charge in [0.25, 0.3) is 6.43 Å². The number of alkyl halides is 3. The number of hydrogen-bond donors (Lipinski definition) is 1. The summed E-state index contributed by atoms with van der Waals surface area (Å²) in [5, 5.41) is 14.9. The van der Waals surface area contributed by atoms with Gasteiger partial charge >= 0.3 is 0 Å². The van der Waals surface area contributed by atoms with Crippen LogP contribution in [-0.2, 0) is 11.3 Å². The van der Waals surface area contributed by atoms with Gasteiger partial charge in [-0.3, -0.25) is 4.90 Å². The average molecular weight is 520 g/mol. The van der Waals surface area contributed by atoms with Gasteiger partial charge in [0.1, 0.15) is 23.7 Å². The molecule has 2 aliphatic rings. The van der Waals surface area contributed by atoms with Crippen LogP contribution in [-0.4, -0.2) is 92.6 Å². The third-order valence-corrected chi connectivity index (χ3v) is 6.89. The Bertz CT molecular complexity index is 1440. The minimum Gasteiger partial charge on any atom is -0.479 e. The molecule has 1 aromatic carbocycles. The Hall–Kier alpha value is -3.52. The van der Waals surface area contributed by atoms with Crippen molar-refractivity contribution in [1.82, 2.24) is 34.5 Å². The fraction of sp³-hybridized carbons (Fsp3) is 0.478. The summed E-state index contributed by atoms with van der Waals surface area (Å²) in [5.74, 6) is -0.309. The zero-order valence-corrected chi connectivity index (χ0v) is 19.8. The van der Waals surface area contributed by atoms with Gasteiger partial charge in [-0.1, -0.05) is 5.21 Å². The highest BCUT2D eigenvalue weighted by atomic mass is 19.3. The van der Waals surface area contributed by atoms with Gasteiger partial charge in [-0.15, -0.1) is 10.2 Å². The summed E-state index contributed by atoms with van der Waals surface area (Å²) in [7, 11) is 1.44. The normalized spacial score (nSPS) is 21.1. The standard InChI is InChI=1S/C23H24F4N8O2/c1-36-22-21-14(12-6-15(24)20-18(7-12)35(32-30-20)9-19(26)27)2-5-34(21)31-23(29-22)28-17-3-4-33(8-16(17)25)13-10-37-11-13/h2,5-7,13,16-17,19H,3-4,8-11H2,1H3,(H,28,31)/t16-,17-/m0/s1. The van der Waals surface area contributed by atoms with Crippen molar-refractivity contribution in [2.24, 2.45) is 0 Å². The molecule has 6 rings (SSSR count). The minimum absolute atomic E-state index is 0.0979. The summed E-state index contributed by atoms with van der Waals surface area (Å²) in [4.78, 5) is 6.54. The molecule has 1 N–H and O–H groups in total.